The molecular formula is C14H19NO2. The Morgan fingerprint density at radius 1 is 1.18 bits per heavy atom. The molecule has 92 valence electrons. The predicted octanol–water partition coefficient (Wildman–Crippen LogP) is 2.19. The van der Waals surface area contributed by atoms with Crippen molar-refractivity contribution in [3.8, 4) is 5.75 Å². The average molecular weight is 233 g/mol. The Hall–Kier alpha value is -1.22. The average Bonchev–Trinajstić information content (AvgIpc) is 2.66. The Bertz CT molecular complexity index is 394. The zero-order valence-corrected chi connectivity index (χ0v) is 10.0. The molecule has 2 aliphatic rings. The number of fused-ring (bicyclic) bond motifs is 1. The van der Waals surface area contributed by atoms with Crippen molar-refractivity contribution < 1.29 is 9.84 Å². The van der Waals surface area contributed by atoms with Crippen molar-refractivity contribution in [3.63, 3.8) is 0 Å². The van der Waals surface area contributed by atoms with Crippen molar-refractivity contribution >= 4 is 5.69 Å². The van der Waals surface area contributed by atoms with Crippen LogP contribution in [0.3, 0.4) is 0 Å². The van der Waals surface area contributed by atoms with Crippen LogP contribution in [-0.2, 0) is 0 Å². The van der Waals surface area contributed by atoms with Gasteiger partial charge in [-0.15, -0.1) is 0 Å². The molecule has 0 saturated heterocycles. The zero-order chi connectivity index (χ0) is 11.7. The number of aliphatic hydroxyl groups excluding tert-OH is 1. The van der Waals surface area contributed by atoms with Gasteiger partial charge >= 0.3 is 0 Å². The van der Waals surface area contributed by atoms with E-state index < -0.39 is 0 Å². The summed E-state index contributed by atoms with van der Waals surface area (Å²) in [5.41, 5.74) is 1.15. The fourth-order valence-electron chi connectivity index (χ4n) is 2.98. The molecular weight excluding hydrogens is 214 g/mol. The van der Waals surface area contributed by atoms with Gasteiger partial charge in [-0.05, 0) is 37.8 Å². The van der Waals surface area contributed by atoms with Gasteiger partial charge in [0.1, 0.15) is 5.75 Å². The van der Waals surface area contributed by atoms with E-state index in [1.54, 1.807) is 0 Å². The number of anilines is 1. The van der Waals surface area contributed by atoms with Crippen molar-refractivity contribution in [2.75, 3.05) is 18.1 Å². The van der Waals surface area contributed by atoms with Crippen LogP contribution in [0.25, 0.3) is 0 Å². The lowest BCUT2D eigenvalue weighted by molar-refractivity contribution is 0.161. The van der Waals surface area contributed by atoms with Crippen LogP contribution in [0.2, 0.25) is 0 Å². The van der Waals surface area contributed by atoms with Gasteiger partial charge in [0.2, 0.25) is 0 Å². The number of ether oxygens (including phenoxy) is 1. The van der Waals surface area contributed by atoms with E-state index in [0.717, 1.165) is 50.3 Å². The highest BCUT2D eigenvalue weighted by Gasteiger charge is 2.32. The fraction of sp³-hybridized carbons (Fsp3) is 0.571. The summed E-state index contributed by atoms with van der Waals surface area (Å²) in [6, 6.07) is 8.45. The van der Waals surface area contributed by atoms with E-state index in [1.807, 2.05) is 18.2 Å². The largest absolute Gasteiger partial charge is 0.491 e. The molecule has 0 radical (unpaired) electrons. The highest BCUT2D eigenvalue weighted by atomic mass is 16.5. The Balaban J connectivity index is 1.93. The Morgan fingerprint density at radius 2 is 2.06 bits per heavy atom. The van der Waals surface area contributed by atoms with Gasteiger partial charge in [0.15, 0.2) is 0 Å². The van der Waals surface area contributed by atoms with Crippen molar-refractivity contribution in [3.05, 3.63) is 24.3 Å². The van der Waals surface area contributed by atoms with E-state index in [9.17, 15) is 5.11 Å². The molecule has 0 spiro atoms. The summed E-state index contributed by atoms with van der Waals surface area (Å²) in [6.45, 7) is 1.76. The summed E-state index contributed by atoms with van der Waals surface area (Å²) >= 11 is 0. The Labute approximate surface area is 102 Å². The standard InChI is InChI=1S/C14H19NO2/c16-13-7-3-6-11(13)15-9-4-10-17-14-8-2-1-5-12(14)15/h1-2,5,8,11,13,16H,3-4,6-7,9-10H2/t11-,13-/m1/s1. The molecule has 0 amide bonds. The van der Waals surface area contributed by atoms with Crippen molar-refractivity contribution in [1.29, 1.82) is 0 Å². The van der Waals surface area contributed by atoms with Gasteiger partial charge in [0.25, 0.3) is 0 Å². The van der Waals surface area contributed by atoms with Crippen molar-refractivity contribution in [2.45, 2.75) is 37.8 Å². The highest BCUT2D eigenvalue weighted by molar-refractivity contribution is 5.59. The molecule has 2 atom stereocenters. The molecule has 1 heterocycles. The lowest BCUT2D eigenvalue weighted by Gasteiger charge is -2.32. The maximum Gasteiger partial charge on any atom is 0.142 e. The predicted molar refractivity (Wildman–Crippen MR) is 67.5 cm³/mol. The van der Waals surface area contributed by atoms with E-state index >= 15 is 0 Å². The molecule has 17 heavy (non-hydrogen) atoms. The fourth-order valence-corrected chi connectivity index (χ4v) is 2.98. The maximum absolute atomic E-state index is 10.1. The van der Waals surface area contributed by atoms with Crippen LogP contribution >= 0.6 is 0 Å². The molecule has 3 nitrogen and oxygen atoms in total. The third-order valence-electron chi connectivity index (χ3n) is 3.82. The summed E-state index contributed by atoms with van der Waals surface area (Å²) in [5.74, 6) is 0.962. The summed E-state index contributed by atoms with van der Waals surface area (Å²) in [6.07, 6.45) is 4.00. The molecule has 0 unspecified atom stereocenters. The topological polar surface area (TPSA) is 32.7 Å². The van der Waals surface area contributed by atoms with E-state index in [4.69, 9.17) is 4.74 Å². The molecule has 3 heteroatoms. The normalized spacial score (nSPS) is 28.4. The van der Waals surface area contributed by atoms with Gasteiger partial charge in [-0.2, -0.15) is 0 Å². The second-order valence-electron chi connectivity index (χ2n) is 4.93. The Kier molecular flexibility index (Phi) is 2.93. The molecule has 1 fully saturated rings. The summed E-state index contributed by atoms with van der Waals surface area (Å²) < 4.78 is 5.75. The van der Waals surface area contributed by atoms with Crippen molar-refractivity contribution in [2.24, 2.45) is 0 Å². The molecule has 1 aromatic rings. The first-order valence-corrected chi connectivity index (χ1v) is 6.53. The van der Waals surface area contributed by atoms with Crippen LogP contribution in [0, 0.1) is 0 Å². The minimum absolute atomic E-state index is 0.179. The first-order chi connectivity index (χ1) is 8.36. The molecule has 1 aliphatic heterocycles. The molecule has 1 aliphatic carbocycles. The van der Waals surface area contributed by atoms with E-state index in [1.165, 1.54) is 0 Å². The first kappa shape index (κ1) is 10.9. The lowest BCUT2D eigenvalue weighted by Crippen LogP contribution is -2.40. The van der Waals surface area contributed by atoms with Crippen LogP contribution < -0.4 is 9.64 Å². The maximum atomic E-state index is 10.1. The SMILES string of the molecule is O[C@@H]1CCC[C@H]1N1CCCOc2ccccc21. The van der Waals surface area contributed by atoms with Crippen LogP contribution in [0.1, 0.15) is 25.7 Å². The molecule has 3 rings (SSSR count). The Morgan fingerprint density at radius 3 is 2.88 bits per heavy atom. The van der Waals surface area contributed by atoms with Gasteiger partial charge in [-0.3, -0.25) is 0 Å². The van der Waals surface area contributed by atoms with Crippen LogP contribution in [0.5, 0.6) is 5.75 Å². The number of para-hydroxylation sites is 2. The second kappa shape index (κ2) is 4.57. The molecule has 0 aromatic heterocycles. The lowest BCUT2D eigenvalue weighted by atomic mass is 10.1. The summed E-state index contributed by atoms with van der Waals surface area (Å²) in [5, 5.41) is 10.1. The summed E-state index contributed by atoms with van der Waals surface area (Å²) in [4.78, 5) is 2.35. The minimum Gasteiger partial charge on any atom is -0.491 e. The number of benzene rings is 1. The second-order valence-corrected chi connectivity index (χ2v) is 4.93. The van der Waals surface area contributed by atoms with Crippen LogP contribution in [0.4, 0.5) is 5.69 Å². The summed E-state index contributed by atoms with van der Waals surface area (Å²) in [7, 11) is 0. The van der Waals surface area contributed by atoms with E-state index in [2.05, 4.69) is 11.0 Å². The van der Waals surface area contributed by atoms with Gasteiger partial charge in [0.05, 0.1) is 24.4 Å². The highest BCUT2D eigenvalue weighted by Crippen LogP contribution is 2.36. The molecule has 1 N–H and O–H groups in total. The third kappa shape index (κ3) is 2.00. The molecule has 1 saturated carbocycles. The van der Waals surface area contributed by atoms with Gasteiger partial charge in [0, 0.05) is 6.54 Å². The third-order valence-corrected chi connectivity index (χ3v) is 3.82. The van der Waals surface area contributed by atoms with Gasteiger partial charge in [-0.1, -0.05) is 12.1 Å². The van der Waals surface area contributed by atoms with Crippen LogP contribution in [-0.4, -0.2) is 30.4 Å². The number of rotatable bonds is 1. The zero-order valence-electron chi connectivity index (χ0n) is 10.0. The van der Waals surface area contributed by atoms with Gasteiger partial charge < -0.3 is 14.7 Å². The molecule has 0 bridgehead atoms. The number of hydrogen-bond donors (Lipinski definition) is 1. The number of nitrogens with zero attached hydrogens (tertiary/aromatic N) is 1. The number of aliphatic hydroxyl groups is 1. The van der Waals surface area contributed by atoms with Crippen LogP contribution in [0.15, 0.2) is 24.3 Å². The van der Waals surface area contributed by atoms with Crippen molar-refractivity contribution in [1.82, 2.24) is 0 Å². The minimum atomic E-state index is -0.179. The van der Waals surface area contributed by atoms with E-state index in [0.29, 0.717) is 0 Å². The first-order valence-electron chi connectivity index (χ1n) is 6.53. The number of hydrogen-bond acceptors (Lipinski definition) is 3. The van der Waals surface area contributed by atoms with Gasteiger partial charge in [-0.25, -0.2) is 0 Å². The van der Waals surface area contributed by atoms with E-state index in [-0.39, 0.29) is 12.1 Å². The molecule has 1 aromatic carbocycles. The smallest absolute Gasteiger partial charge is 0.142 e. The monoisotopic (exact) mass is 233 g/mol. The quantitative estimate of drug-likeness (QED) is 0.807.